The number of aromatic carboxylic acids is 1. The summed E-state index contributed by atoms with van der Waals surface area (Å²) in [6, 6.07) is 17.1. The van der Waals surface area contributed by atoms with E-state index in [4.69, 9.17) is 43.2 Å². The zero-order chi connectivity index (χ0) is 64.8. The molecule has 2 aliphatic carbocycles. The van der Waals surface area contributed by atoms with Gasteiger partial charge in [0.2, 0.25) is 5.91 Å². The monoisotopic (exact) mass is 1300 g/mol. The Balaban J connectivity index is 0.738. The van der Waals surface area contributed by atoms with Crippen molar-refractivity contribution >= 4 is 72.2 Å². The van der Waals surface area contributed by atoms with Crippen LogP contribution in [-0.2, 0) is 77.2 Å². The first-order chi connectivity index (χ1) is 43.6. The largest absolute Gasteiger partial charge is 0.476 e. The van der Waals surface area contributed by atoms with Crippen LogP contribution < -0.4 is 10.2 Å². The minimum absolute atomic E-state index is 0.0195. The van der Waals surface area contributed by atoms with Gasteiger partial charge >= 0.3 is 5.97 Å². The van der Waals surface area contributed by atoms with Crippen molar-refractivity contribution in [2.75, 3.05) is 128 Å². The number of anilines is 2. The number of amides is 4. The molecule has 4 amide bonds. The third-order valence-electron chi connectivity index (χ3n) is 17.4. The molecular formula is C65H86N8O16S2. The molecule has 4 aliphatic rings. The molecule has 3 atom stereocenters. The summed E-state index contributed by atoms with van der Waals surface area (Å²) in [6.07, 6.45) is 9.78. The zero-order valence-electron chi connectivity index (χ0n) is 52.8. The standard InChI is InChI=1S/C65H86N8O16S2/c1-6-64(45-73-46(2)50(38-66-73)48-14-15-54(68-58(48)60(78)79)71-20-18-47-10-9-11-49(51(47)39-71)59(77)69-61-67-52-12-7-8-13-53(52)90-61)42-63(5)40-62(3,4)41-65(43-63,44-64)89-26-21-70(23-37-91(80,81)82)55(74)19-24-83-27-29-85-31-33-87-35-36-88-34-32-86-30-28-84-25-22-72-56(75)16-17-57(72)76/h7-17,38H,6,18-37,39-45H2,1-5H3,(H,78,79)(H,67,69,77)(H,80,81,82). The van der Waals surface area contributed by atoms with Crippen molar-refractivity contribution in [1.82, 2.24) is 29.5 Å². The molecule has 24 nitrogen and oxygen atoms in total. The highest BCUT2D eigenvalue weighted by Crippen LogP contribution is 2.64. The highest BCUT2D eigenvalue weighted by Gasteiger charge is 2.59. The Morgan fingerprint density at radius 1 is 0.747 bits per heavy atom. The summed E-state index contributed by atoms with van der Waals surface area (Å²) >= 11 is 1.41. The van der Waals surface area contributed by atoms with Gasteiger partial charge in [0.25, 0.3) is 27.8 Å². The first-order valence-corrected chi connectivity index (χ1v) is 33.6. The van der Waals surface area contributed by atoms with Gasteiger partial charge in [-0.3, -0.25) is 38.6 Å². The number of carboxylic acids is 1. The maximum absolute atomic E-state index is 13.8. The fourth-order valence-corrected chi connectivity index (χ4v) is 15.4. The molecule has 5 aromatic rings. The van der Waals surface area contributed by atoms with Crippen molar-refractivity contribution in [3.63, 3.8) is 0 Å². The van der Waals surface area contributed by atoms with Gasteiger partial charge in [-0.05, 0) is 110 Å². The minimum atomic E-state index is -4.38. The number of carboxylic acid groups (broad SMARTS) is 1. The van der Waals surface area contributed by atoms with E-state index in [2.05, 4.69) is 38.0 Å². The Morgan fingerprint density at radius 2 is 1.41 bits per heavy atom. The lowest BCUT2D eigenvalue weighted by molar-refractivity contribution is -0.199. The van der Waals surface area contributed by atoms with E-state index < -0.39 is 27.4 Å². The summed E-state index contributed by atoms with van der Waals surface area (Å²) in [7, 11) is -4.38. The van der Waals surface area contributed by atoms with Crippen molar-refractivity contribution in [1.29, 1.82) is 0 Å². The van der Waals surface area contributed by atoms with Crippen LogP contribution in [0.25, 0.3) is 21.3 Å². The number of hydrogen-bond acceptors (Lipinski definition) is 19. The number of benzene rings is 2. The summed E-state index contributed by atoms with van der Waals surface area (Å²) in [5, 5.41) is 19.2. The van der Waals surface area contributed by atoms with Gasteiger partial charge in [-0.2, -0.15) is 13.5 Å². The van der Waals surface area contributed by atoms with E-state index in [1.54, 1.807) is 18.3 Å². The van der Waals surface area contributed by atoms with Crippen molar-refractivity contribution < 1.29 is 75.2 Å². The number of aromatic nitrogens is 4. The highest BCUT2D eigenvalue weighted by atomic mass is 32.2. The van der Waals surface area contributed by atoms with Crippen LogP contribution in [-0.4, -0.2) is 201 Å². The van der Waals surface area contributed by atoms with Gasteiger partial charge < -0.3 is 48.1 Å². The van der Waals surface area contributed by atoms with E-state index in [9.17, 15) is 42.0 Å². The number of hydrogen-bond donors (Lipinski definition) is 3. The molecule has 2 aliphatic heterocycles. The van der Waals surface area contributed by atoms with Crippen LogP contribution in [0.3, 0.4) is 0 Å². The van der Waals surface area contributed by atoms with Gasteiger partial charge in [-0.15, -0.1) is 0 Å². The molecule has 2 fully saturated rings. The number of carbonyl (C=O) groups is 5. The normalized spacial score (nSPS) is 20.4. The summed E-state index contributed by atoms with van der Waals surface area (Å²) < 4.78 is 76.9. The van der Waals surface area contributed by atoms with Gasteiger partial charge in [-0.1, -0.05) is 63.3 Å². The number of para-hydroxylation sites is 1. The number of imide groups is 1. The lowest BCUT2D eigenvalue weighted by Crippen LogP contribution is -2.58. The number of nitrogens with zero attached hydrogens (tertiary/aromatic N) is 7. The molecule has 0 spiro atoms. The molecule has 9 rings (SSSR count). The third-order valence-corrected chi connectivity index (χ3v) is 19.1. The molecule has 2 bridgehead atoms. The first kappa shape index (κ1) is 68.8. The molecule has 5 heterocycles. The van der Waals surface area contributed by atoms with Crippen molar-refractivity contribution in [3.05, 3.63) is 101 Å². The Kier molecular flexibility index (Phi) is 23.3. The number of rotatable bonds is 36. The number of pyridine rings is 1. The minimum Gasteiger partial charge on any atom is -0.476 e. The maximum atomic E-state index is 13.8. The second-order valence-corrected chi connectivity index (χ2v) is 27.8. The third kappa shape index (κ3) is 18.6. The maximum Gasteiger partial charge on any atom is 0.355 e. The fourth-order valence-electron chi connectivity index (χ4n) is 14.1. The smallest absolute Gasteiger partial charge is 0.355 e. The molecular weight excluding hydrogens is 1210 g/mol. The number of nitrogens with one attached hydrogen (secondary N) is 1. The second kappa shape index (κ2) is 30.9. The average molecular weight is 1300 g/mol. The molecule has 0 radical (unpaired) electrons. The number of fused-ring (bicyclic) bond motifs is 4. The Hall–Kier alpha value is -6.59. The second-order valence-electron chi connectivity index (χ2n) is 25.2. The summed E-state index contributed by atoms with van der Waals surface area (Å²) in [5.74, 6) is -2.59. The lowest BCUT2D eigenvalue weighted by atomic mass is 9.47. The molecule has 2 aromatic carbocycles. The van der Waals surface area contributed by atoms with Gasteiger partial charge in [0, 0.05) is 67.3 Å². The topological polar surface area (TPSA) is 290 Å². The lowest BCUT2D eigenvalue weighted by Gasteiger charge is -2.62. The van der Waals surface area contributed by atoms with Crippen molar-refractivity contribution in [2.24, 2.45) is 16.2 Å². The Morgan fingerprint density at radius 3 is 2.05 bits per heavy atom. The first-order valence-electron chi connectivity index (χ1n) is 31.2. The molecule has 26 heteroatoms. The number of thiazole rings is 1. The fraction of sp³-hybridized carbons (Fsp3) is 0.569. The molecule has 2 saturated carbocycles. The Bertz CT molecular complexity index is 3470. The van der Waals surface area contributed by atoms with E-state index in [1.807, 2.05) is 59.0 Å². The SMILES string of the molecule is CCC1(Cn2ncc(-c3ccc(N4CCc5cccc(C(=O)Nc6nc7ccccc7s6)c5C4)nc3C(=O)O)c2C)CC2(C)CC(C)(C)CC(OCCN(CCS(=O)(=O)O)C(=O)CCOCCOCCOCCOCCOCCOCCN3C(=O)C=CC3=O)(C2)C1. The predicted molar refractivity (Wildman–Crippen MR) is 341 cm³/mol. The van der Waals surface area contributed by atoms with Gasteiger partial charge in [-0.25, -0.2) is 14.8 Å². The van der Waals surface area contributed by atoms with E-state index in [1.165, 1.54) is 28.4 Å². The van der Waals surface area contributed by atoms with Crippen LogP contribution in [0.15, 0.2) is 72.9 Å². The summed E-state index contributed by atoms with van der Waals surface area (Å²) in [6.45, 7) is 16.4. The van der Waals surface area contributed by atoms with E-state index >= 15 is 0 Å². The molecule has 3 aromatic heterocycles. The van der Waals surface area contributed by atoms with Crippen molar-refractivity contribution in [3.8, 4) is 11.1 Å². The Labute approximate surface area is 535 Å². The van der Waals surface area contributed by atoms with Crippen LogP contribution in [0.2, 0.25) is 0 Å². The van der Waals surface area contributed by atoms with Crippen LogP contribution in [0.5, 0.6) is 0 Å². The quantitative estimate of drug-likeness (QED) is 0.0197. The van der Waals surface area contributed by atoms with E-state index in [0.717, 1.165) is 64.0 Å². The molecule has 0 saturated heterocycles. The molecule has 91 heavy (non-hydrogen) atoms. The number of ether oxygens (including phenoxy) is 7. The average Bonchev–Trinajstić information content (AvgIpc) is 1.12. The van der Waals surface area contributed by atoms with E-state index in [-0.39, 0.29) is 105 Å². The summed E-state index contributed by atoms with van der Waals surface area (Å²) in [5.41, 5.74) is 3.99. The highest BCUT2D eigenvalue weighted by molar-refractivity contribution is 7.85. The van der Waals surface area contributed by atoms with Crippen LogP contribution in [0, 0.1) is 23.2 Å². The summed E-state index contributed by atoms with van der Waals surface area (Å²) in [4.78, 5) is 77.6. The van der Waals surface area contributed by atoms with Crippen LogP contribution in [0.1, 0.15) is 110 Å². The van der Waals surface area contributed by atoms with Gasteiger partial charge in [0.1, 0.15) is 5.82 Å². The number of carbonyl (C=O) groups excluding carboxylic acids is 4. The van der Waals surface area contributed by atoms with Gasteiger partial charge in [0.15, 0.2) is 10.8 Å². The van der Waals surface area contributed by atoms with E-state index in [0.29, 0.717) is 113 Å². The van der Waals surface area contributed by atoms with Crippen LogP contribution in [0.4, 0.5) is 10.9 Å². The van der Waals surface area contributed by atoms with Crippen molar-refractivity contribution in [2.45, 2.75) is 105 Å². The molecule has 3 unspecified atom stereocenters. The molecule has 494 valence electrons. The van der Waals surface area contributed by atoms with Gasteiger partial charge in [0.05, 0.1) is 127 Å². The van der Waals surface area contributed by atoms with Crippen LogP contribution >= 0.6 is 11.3 Å². The predicted octanol–water partition coefficient (Wildman–Crippen LogP) is 7.67. The molecule has 3 N–H and O–H groups in total. The zero-order valence-corrected chi connectivity index (χ0v) is 54.4.